The van der Waals surface area contributed by atoms with Gasteiger partial charge in [0.25, 0.3) is 11.8 Å². The van der Waals surface area contributed by atoms with E-state index < -0.39 is 5.92 Å². The lowest BCUT2D eigenvalue weighted by molar-refractivity contribution is -0.0495. The van der Waals surface area contributed by atoms with Gasteiger partial charge in [0, 0.05) is 48.9 Å². The van der Waals surface area contributed by atoms with Gasteiger partial charge in [-0.2, -0.15) is 0 Å². The highest BCUT2D eigenvalue weighted by molar-refractivity contribution is 6.02. The molecule has 2 heterocycles. The largest absolute Gasteiger partial charge is 0.384 e. The predicted octanol–water partition coefficient (Wildman–Crippen LogP) is 3.84. The summed E-state index contributed by atoms with van der Waals surface area (Å²) >= 11 is 0. The van der Waals surface area contributed by atoms with Crippen LogP contribution in [0.1, 0.15) is 49.2 Å². The van der Waals surface area contributed by atoms with Gasteiger partial charge >= 0.3 is 0 Å². The number of fused-ring (bicyclic) bond motifs is 1. The van der Waals surface area contributed by atoms with Crippen LogP contribution < -0.4 is 5.73 Å². The number of benzene rings is 1. The second-order valence-corrected chi connectivity index (χ2v) is 7.70. The topological polar surface area (TPSA) is 75.1 Å². The van der Waals surface area contributed by atoms with Crippen LogP contribution in [-0.4, -0.2) is 40.2 Å². The molecule has 3 rings (SSSR count). The average Bonchev–Trinajstić information content (AvgIpc) is 2.97. The normalized spacial score (nSPS) is 16.9. The molecule has 0 radical (unpaired) electrons. The molecule has 7 heteroatoms. The van der Waals surface area contributed by atoms with Crippen LogP contribution >= 0.6 is 0 Å². The van der Waals surface area contributed by atoms with E-state index in [1.807, 2.05) is 22.8 Å². The van der Waals surface area contributed by atoms with Gasteiger partial charge in [0.05, 0.1) is 0 Å². The number of carbonyl (C=O) groups excluding carboxylic acids is 1. The smallest absolute Gasteiger partial charge is 0.270 e. The van der Waals surface area contributed by atoms with Crippen LogP contribution in [0.25, 0.3) is 10.9 Å². The number of nitrogens with zero attached hydrogens (tertiary/aromatic N) is 2. The Kier molecular flexibility index (Phi) is 5.22. The van der Waals surface area contributed by atoms with Crippen molar-refractivity contribution in [2.75, 3.05) is 13.1 Å². The number of rotatable bonds is 5. The summed E-state index contributed by atoms with van der Waals surface area (Å²) in [4.78, 5) is 14.6. The van der Waals surface area contributed by atoms with Crippen LogP contribution in [0.15, 0.2) is 24.3 Å². The Morgan fingerprint density at radius 1 is 1.26 bits per heavy atom. The monoisotopic (exact) mass is 376 g/mol. The highest BCUT2D eigenvalue weighted by Crippen LogP contribution is 2.30. The number of aromatic nitrogens is 1. The van der Waals surface area contributed by atoms with Crippen LogP contribution in [0.3, 0.4) is 0 Å². The van der Waals surface area contributed by atoms with Gasteiger partial charge in [0.15, 0.2) is 0 Å². The summed E-state index contributed by atoms with van der Waals surface area (Å²) in [5.74, 6) is -2.47. The number of alkyl halides is 2. The molecule has 0 spiro atoms. The lowest BCUT2D eigenvalue weighted by Crippen LogP contribution is -2.43. The first-order valence-corrected chi connectivity index (χ1v) is 9.33. The molecule has 1 aliphatic rings. The number of aryl methyl sites for hydroxylation is 1. The minimum Gasteiger partial charge on any atom is -0.384 e. The Morgan fingerprint density at radius 2 is 1.93 bits per heavy atom. The number of amidine groups is 1. The molecule has 5 nitrogen and oxygen atoms in total. The molecule has 1 aromatic carbocycles. The molecule has 1 aromatic heterocycles. The third-order valence-corrected chi connectivity index (χ3v) is 5.15. The number of halogens is 2. The molecule has 1 saturated heterocycles. The molecule has 1 fully saturated rings. The summed E-state index contributed by atoms with van der Waals surface area (Å²) in [5, 5.41) is 8.55. The molecule has 1 amide bonds. The van der Waals surface area contributed by atoms with Crippen molar-refractivity contribution in [2.45, 2.75) is 45.6 Å². The minimum absolute atomic E-state index is 0.0281. The van der Waals surface area contributed by atoms with Gasteiger partial charge in [-0.25, -0.2) is 8.78 Å². The van der Waals surface area contributed by atoms with Crippen LogP contribution in [-0.2, 0) is 6.54 Å². The van der Waals surface area contributed by atoms with Crippen molar-refractivity contribution >= 4 is 22.6 Å². The molecule has 0 aliphatic carbocycles. The number of likely N-dealkylation sites (tertiary alicyclic amines) is 1. The van der Waals surface area contributed by atoms with Crippen LogP contribution in [0.2, 0.25) is 0 Å². The van der Waals surface area contributed by atoms with E-state index in [1.54, 1.807) is 6.07 Å². The van der Waals surface area contributed by atoms with E-state index in [4.69, 9.17) is 11.1 Å². The third kappa shape index (κ3) is 4.12. The van der Waals surface area contributed by atoms with E-state index in [0.717, 1.165) is 17.3 Å². The van der Waals surface area contributed by atoms with Gasteiger partial charge in [-0.3, -0.25) is 10.2 Å². The van der Waals surface area contributed by atoms with Crippen molar-refractivity contribution in [3.63, 3.8) is 0 Å². The Labute approximate surface area is 157 Å². The molecule has 1 aliphatic heterocycles. The number of hydrogen-bond donors (Lipinski definition) is 2. The SMILES string of the molecule is CC(C)CCn1c(C(=O)N2CCC(F)(F)CC2)cc2ccc(C(=N)N)cc21. The van der Waals surface area contributed by atoms with Crippen LogP contribution in [0.5, 0.6) is 0 Å². The van der Waals surface area contributed by atoms with Crippen LogP contribution in [0.4, 0.5) is 8.78 Å². The van der Waals surface area contributed by atoms with Gasteiger partial charge in [0.1, 0.15) is 11.5 Å². The van der Waals surface area contributed by atoms with Crippen molar-refractivity contribution in [1.82, 2.24) is 9.47 Å². The van der Waals surface area contributed by atoms with Gasteiger partial charge < -0.3 is 15.2 Å². The molecule has 0 unspecified atom stereocenters. The molecule has 0 bridgehead atoms. The highest BCUT2D eigenvalue weighted by atomic mass is 19.3. The molecular weight excluding hydrogens is 350 g/mol. The molecule has 27 heavy (non-hydrogen) atoms. The fourth-order valence-electron chi connectivity index (χ4n) is 3.43. The molecular formula is C20H26F2N4O. The quantitative estimate of drug-likeness (QED) is 0.614. The Hall–Kier alpha value is -2.44. The maximum atomic E-state index is 13.4. The average molecular weight is 376 g/mol. The first-order valence-electron chi connectivity index (χ1n) is 9.33. The van der Waals surface area contributed by atoms with E-state index in [0.29, 0.717) is 23.7 Å². The van der Waals surface area contributed by atoms with Crippen molar-refractivity contribution in [3.8, 4) is 0 Å². The zero-order chi connectivity index (χ0) is 19.8. The van der Waals surface area contributed by atoms with E-state index in [-0.39, 0.29) is 37.7 Å². The summed E-state index contributed by atoms with van der Waals surface area (Å²) in [6.07, 6.45) is 0.297. The second-order valence-electron chi connectivity index (χ2n) is 7.70. The fourth-order valence-corrected chi connectivity index (χ4v) is 3.43. The number of nitrogen functional groups attached to an aromatic ring is 1. The van der Waals surface area contributed by atoms with E-state index in [2.05, 4.69) is 13.8 Å². The first-order chi connectivity index (χ1) is 12.7. The zero-order valence-electron chi connectivity index (χ0n) is 15.8. The lowest BCUT2D eigenvalue weighted by atomic mass is 10.1. The predicted molar refractivity (Wildman–Crippen MR) is 102 cm³/mol. The third-order valence-electron chi connectivity index (χ3n) is 5.15. The number of amides is 1. The Bertz CT molecular complexity index is 862. The zero-order valence-corrected chi connectivity index (χ0v) is 15.8. The molecule has 146 valence electrons. The van der Waals surface area contributed by atoms with Gasteiger partial charge in [0.2, 0.25) is 0 Å². The summed E-state index contributed by atoms with van der Waals surface area (Å²) in [5.41, 5.74) is 7.57. The van der Waals surface area contributed by atoms with E-state index in [9.17, 15) is 13.6 Å². The van der Waals surface area contributed by atoms with E-state index >= 15 is 0 Å². The highest BCUT2D eigenvalue weighted by Gasteiger charge is 2.36. The summed E-state index contributed by atoms with van der Waals surface area (Å²) in [6, 6.07) is 7.24. The van der Waals surface area contributed by atoms with E-state index in [1.165, 1.54) is 4.90 Å². The van der Waals surface area contributed by atoms with Crippen molar-refractivity contribution in [1.29, 1.82) is 5.41 Å². The minimum atomic E-state index is -2.68. The second kappa shape index (κ2) is 7.29. The van der Waals surface area contributed by atoms with Crippen LogP contribution in [0, 0.1) is 11.3 Å². The number of carbonyl (C=O) groups is 1. The maximum Gasteiger partial charge on any atom is 0.270 e. The number of hydrogen-bond acceptors (Lipinski definition) is 2. The first kappa shape index (κ1) is 19.3. The van der Waals surface area contributed by atoms with Crippen molar-refractivity contribution < 1.29 is 13.6 Å². The molecule has 0 saturated carbocycles. The molecule has 2 aromatic rings. The van der Waals surface area contributed by atoms with Gasteiger partial charge in [-0.1, -0.05) is 26.0 Å². The fraction of sp³-hybridized carbons (Fsp3) is 0.500. The van der Waals surface area contributed by atoms with Gasteiger partial charge in [-0.05, 0) is 24.5 Å². The summed E-state index contributed by atoms with van der Waals surface area (Å²) in [6.45, 7) is 5.00. The number of nitrogens with one attached hydrogen (secondary N) is 1. The number of nitrogens with two attached hydrogens (primary N) is 1. The Balaban J connectivity index is 1.98. The van der Waals surface area contributed by atoms with Gasteiger partial charge in [-0.15, -0.1) is 0 Å². The number of piperidine rings is 1. The van der Waals surface area contributed by atoms with Crippen molar-refractivity contribution in [3.05, 3.63) is 35.5 Å². The molecule has 0 atom stereocenters. The maximum absolute atomic E-state index is 13.4. The summed E-state index contributed by atoms with van der Waals surface area (Å²) < 4.78 is 28.8. The molecule has 3 N–H and O–H groups in total. The standard InChI is InChI=1S/C20H26F2N4O/c1-13(2)5-8-26-16-12-15(18(23)24)4-3-14(16)11-17(26)19(27)25-9-6-20(21,22)7-10-25/h3-4,11-13H,5-10H2,1-2H3,(H3,23,24). The van der Waals surface area contributed by atoms with Crippen molar-refractivity contribution in [2.24, 2.45) is 11.7 Å². The summed E-state index contributed by atoms with van der Waals surface area (Å²) in [7, 11) is 0. The Morgan fingerprint density at radius 3 is 2.52 bits per heavy atom. The lowest BCUT2D eigenvalue weighted by Gasteiger charge is -2.32.